The smallest absolute Gasteiger partial charge is 0.337 e. The van der Waals surface area contributed by atoms with Crippen molar-refractivity contribution in [3.8, 4) is 5.75 Å². The molecule has 0 saturated heterocycles. The summed E-state index contributed by atoms with van der Waals surface area (Å²) in [6, 6.07) is 1.79. The van der Waals surface area contributed by atoms with Gasteiger partial charge in [0.15, 0.2) is 5.78 Å². The van der Waals surface area contributed by atoms with E-state index in [1.807, 2.05) is 12.3 Å². The number of aryl methyl sites for hydroxylation is 1. The van der Waals surface area contributed by atoms with E-state index < -0.39 is 7.60 Å². The molecular formula is C10H15O5PS. The van der Waals surface area contributed by atoms with Crippen LogP contribution < -0.4 is 4.74 Å². The highest BCUT2D eigenvalue weighted by Crippen LogP contribution is 2.45. The predicted molar refractivity (Wildman–Crippen MR) is 66.0 cm³/mol. The largest absolute Gasteiger partial charge is 0.485 e. The molecule has 0 aliphatic rings. The van der Waals surface area contributed by atoms with Crippen molar-refractivity contribution >= 4 is 24.7 Å². The van der Waals surface area contributed by atoms with Crippen LogP contribution >= 0.6 is 18.9 Å². The minimum Gasteiger partial charge on any atom is -0.485 e. The molecule has 1 aromatic heterocycles. The van der Waals surface area contributed by atoms with Crippen molar-refractivity contribution < 1.29 is 23.1 Å². The summed E-state index contributed by atoms with van der Waals surface area (Å²) in [5.41, 5.74) is 0. The summed E-state index contributed by atoms with van der Waals surface area (Å²) in [6.45, 7) is 1.77. The Labute approximate surface area is 104 Å². The molecular weight excluding hydrogens is 263 g/mol. The van der Waals surface area contributed by atoms with E-state index >= 15 is 0 Å². The van der Waals surface area contributed by atoms with E-state index in [2.05, 4.69) is 9.05 Å². The standard InChI is InChI=1S/C10H15O5PS/c1-8-10(4-5-17-8)15-6-9(11)7-16(12,13-2)14-3/h4-5H,6-7H2,1-3H3. The third kappa shape index (κ3) is 4.24. The van der Waals surface area contributed by atoms with Crippen LogP contribution in [0.2, 0.25) is 0 Å². The lowest BCUT2D eigenvalue weighted by Gasteiger charge is -2.12. The first-order valence-electron chi connectivity index (χ1n) is 4.90. The number of thiophene rings is 1. The Hall–Kier alpha value is -0.680. The fourth-order valence-corrected chi connectivity index (χ4v) is 2.72. The van der Waals surface area contributed by atoms with Gasteiger partial charge < -0.3 is 13.8 Å². The monoisotopic (exact) mass is 278 g/mol. The zero-order chi connectivity index (χ0) is 12.9. The van der Waals surface area contributed by atoms with Crippen LogP contribution in [0.5, 0.6) is 5.75 Å². The molecule has 0 aliphatic carbocycles. The minimum atomic E-state index is -3.28. The average Bonchev–Trinajstić information content (AvgIpc) is 2.72. The normalized spacial score (nSPS) is 11.5. The van der Waals surface area contributed by atoms with E-state index in [4.69, 9.17) is 4.74 Å². The maximum Gasteiger partial charge on any atom is 0.337 e. The van der Waals surface area contributed by atoms with Crippen LogP contribution in [-0.2, 0) is 18.4 Å². The van der Waals surface area contributed by atoms with Crippen molar-refractivity contribution in [2.45, 2.75) is 6.92 Å². The molecule has 0 radical (unpaired) electrons. The molecule has 0 spiro atoms. The van der Waals surface area contributed by atoms with Crippen LogP contribution in [-0.4, -0.2) is 32.8 Å². The first kappa shape index (κ1) is 14.4. The van der Waals surface area contributed by atoms with E-state index in [1.54, 1.807) is 6.07 Å². The third-order valence-electron chi connectivity index (χ3n) is 2.13. The van der Waals surface area contributed by atoms with E-state index in [0.29, 0.717) is 5.75 Å². The Bertz CT molecular complexity index is 420. The van der Waals surface area contributed by atoms with Crippen LogP contribution in [0.1, 0.15) is 4.88 Å². The molecule has 7 heteroatoms. The molecule has 17 heavy (non-hydrogen) atoms. The SMILES string of the molecule is COP(=O)(CC(=O)COc1ccsc1C)OC. The summed E-state index contributed by atoms with van der Waals surface area (Å²) in [5.74, 6) is 0.357. The molecule has 0 bridgehead atoms. The van der Waals surface area contributed by atoms with Crippen LogP contribution in [0.25, 0.3) is 0 Å². The van der Waals surface area contributed by atoms with Gasteiger partial charge in [0, 0.05) is 19.1 Å². The topological polar surface area (TPSA) is 61.8 Å². The molecule has 5 nitrogen and oxygen atoms in total. The van der Waals surface area contributed by atoms with Gasteiger partial charge in [-0.25, -0.2) is 0 Å². The summed E-state index contributed by atoms with van der Waals surface area (Å²) in [4.78, 5) is 12.5. The van der Waals surface area contributed by atoms with Gasteiger partial charge >= 0.3 is 7.60 Å². The zero-order valence-electron chi connectivity index (χ0n) is 9.97. The molecule has 0 amide bonds. The number of ether oxygens (including phenoxy) is 1. The molecule has 0 fully saturated rings. The number of rotatable bonds is 7. The zero-order valence-corrected chi connectivity index (χ0v) is 11.7. The van der Waals surface area contributed by atoms with Gasteiger partial charge in [-0.3, -0.25) is 9.36 Å². The summed E-state index contributed by atoms with van der Waals surface area (Å²) in [5, 5.41) is 1.88. The second-order valence-corrected chi connectivity index (χ2v) is 6.69. The highest BCUT2D eigenvalue weighted by Gasteiger charge is 2.25. The van der Waals surface area contributed by atoms with Crippen LogP contribution in [0.4, 0.5) is 0 Å². The lowest BCUT2D eigenvalue weighted by atomic mass is 10.4. The molecule has 0 N–H and O–H groups in total. The molecule has 0 atom stereocenters. The predicted octanol–water partition coefficient (Wildman–Crippen LogP) is 2.49. The van der Waals surface area contributed by atoms with Gasteiger partial charge in [-0.05, 0) is 18.4 Å². The van der Waals surface area contributed by atoms with Gasteiger partial charge in [-0.2, -0.15) is 0 Å². The third-order valence-corrected chi connectivity index (χ3v) is 4.81. The van der Waals surface area contributed by atoms with Crippen LogP contribution in [0, 0.1) is 6.92 Å². The maximum absolute atomic E-state index is 11.7. The van der Waals surface area contributed by atoms with Crippen molar-refractivity contribution in [2.75, 3.05) is 27.0 Å². The van der Waals surface area contributed by atoms with Gasteiger partial charge in [0.2, 0.25) is 0 Å². The summed E-state index contributed by atoms with van der Waals surface area (Å²) in [7, 11) is -0.780. The van der Waals surface area contributed by atoms with Crippen molar-refractivity contribution in [3.63, 3.8) is 0 Å². The van der Waals surface area contributed by atoms with E-state index in [9.17, 15) is 9.36 Å². The molecule has 0 aromatic carbocycles. The fourth-order valence-electron chi connectivity index (χ4n) is 1.15. The Kier molecular flexibility index (Phi) is 5.33. The molecule has 0 aliphatic heterocycles. The first-order valence-corrected chi connectivity index (χ1v) is 7.50. The number of carbonyl (C=O) groups excluding carboxylic acids is 1. The summed E-state index contributed by atoms with van der Waals surface area (Å²) in [6.07, 6.45) is -0.275. The Morgan fingerprint density at radius 1 is 1.41 bits per heavy atom. The molecule has 1 heterocycles. The summed E-state index contributed by atoms with van der Waals surface area (Å²) >= 11 is 1.54. The molecule has 96 valence electrons. The average molecular weight is 278 g/mol. The lowest BCUT2D eigenvalue weighted by molar-refractivity contribution is -0.118. The highest BCUT2D eigenvalue weighted by atomic mass is 32.1. The van der Waals surface area contributed by atoms with Crippen LogP contribution in [0.15, 0.2) is 11.4 Å². The van der Waals surface area contributed by atoms with Crippen molar-refractivity contribution in [2.24, 2.45) is 0 Å². The van der Waals surface area contributed by atoms with Crippen LogP contribution in [0.3, 0.4) is 0 Å². The van der Waals surface area contributed by atoms with Gasteiger partial charge in [-0.15, -0.1) is 11.3 Å². The maximum atomic E-state index is 11.7. The molecule has 1 rings (SSSR count). The van der Waals surface area contributed by atoms with Gasteiger partial charge in [0.25, 0.3) is 0 Å². The number of hydrogen-bond acceptors (Lipinski definition) is 6. The second kappa shape index (κ2) is 6.31. The Balaban J connectivity index is 2.46. The van der Waals surface area contributed by atoms with Crippen molar-refractivity contribution in [1.29, 1.82) is 0 Å². The highest BCUT2D eigenvalue weighted by molar-refractivity contribution is 7.54. The minimum absolute atomic E-state index is 0.131. The Morgan fingerprint density at radius 2 is 2.06 bits per heavy atom. The molecule has 0 unspecified atom stereocenters. The number of carbonyl (C=O) groups is 1. The van der Waals surface area contributed by atoms with Gasteiger partial charge in [0.05, 0.1) is 0 Å². The fraction of sp³-hybridized carbons (Fsp3) is 0.500. The number of Topliss-reactive ketones (excluding diaryl/α,β-unsaturated/α-hetero) is 1. The Morgan fingerprint density at radius 3 is 2.53 bits per heavy atom. The molecule has 0 saturated carbocycles. The lowest BCUT2D eigenvalue weighted by Crippen LogP contribution is -2.16. The number of hydrogen-bond donors (Lipinski definition) is 0. The first-order chi connectivity index (χ1) is 8.00. The number of ketones is 1. The second-order valence-electron chi connectivity index (χ2n) is 3.30. The summed E-state index contributed by atoms with van der Waals surface area (Å²) < 4.78 is 26.3. The molecule has 1 aromatic rings. The van der Waals surface area contributed by atoms with E-state index in [0.717, 1.165) is 4.88 Å². The van der Waals surface area contributed by atoms with Crippen molar-refractivity contribution in [1.82, 2.24) is 0 Å². The van der Waals surface area contributed by atoms with Gasteiger partial charge in [-0.1, -0.05) is 0 Å². The quantitative estimate of drug-likeness (QED) is 0.717. The van der Waals surface area contributed by atoms with Crippen molar-refractivity contribution in [3.05, 3.63) is 16.3 Å². The van der Waals surface area contributed by atoms with Gasteiger partial charge in [0.1, 0.15) is 18.5 Å². The van der Waals surface area contributed by atoms with E-state index in [-0.39, 0.29) is 18.6 Å². The van der Waals surface area contributed by atoms with E-state index in [1.165, 1.54) is 25.6 Å².